The molecule has 0 aromatic carbocycles. The van der Waals surface area contributed by atoms with Crippen LogP contribution in [0.2, 0.25) is 0 Å². The lowest BCUT2D eigenvalue weighted by atomic mass is 10.3. The average molecular weight is 277 g/mol. The standard InChI is InChI=1S/C13H23N7/c1-14-11-16-12(18-13(17-11)19(2)3)15-9-6-7-20(8-9)10-4-5-10/h9-10H,4-8H2,1-3H3,(H2,14,15,16,17,18). The first-order valence-corrected chi connectivity index (χ1v) is 7.27. The highest BCUT2D eigenvalue weighted by atomic mass is 15.3. The first-order valence-electron chi connectivity index (χ1n) is 7.27. The van der Waals surface area contributed by atoms with Gasteiger partial charge < -0.3 is 15.5 Å². The fourth-order valence-electron chi connectivity index (χ4n) is 2.60. The molecular formula is C13H23N7. The summed E-state index contributed by atoms with van der Waals surface area (Å²) in [6.45, 7) is 2.29. The summed E-state index contributed by atoms with van der Waals surface area (Å²) in [4.78, 5) is 17.6. The molecule has 1 aromatic heterocycles. The van der Waals surface area contributed by atoms with Crippen LogP contribution in [0.3, 0.4) is 0 Å². The molecule has 20 heavy (non-hydrogen) atoms. The van der Waals surface area contributed by atoms with E-state index in [0.717, 1.165) is 19.0 Å². The molecule has 1 aliphatic heterocycles. The van der Waals surface area contributed by atoms with Gasteiger partial charge in [0.1, 0.15) is 0 Å². The Hall–Kier alpha value is -1.63. The minimum atomic E-state index is 0.442. The zero-order valence-electron chi connectivity index (χ0n) is 12.4. The monoisotopic (exact) mass is 277 g/mol. The smallest absolute Gasteiger partial charge is 0.231 e. The number of hydrogen-bond acceptors (Lipinski definition) is 7. The molecule has 1 unspecified atom stereocenters. The first-order chi connectivity index (χ1) is 9.65. The van der Waals surface area contributed by atoms with E-state index in [4.69, 9.17) is 0 Å². The van der Waals surface area contributed by atoms with Crippen LogP contribution in [0.1, 0.15) is 19.3 Å². The van der Waals surface area contributed by atoms with Crippen molar-refractivity contribution in [1.82, 2.24) is 19.9 Å². The van der Waals surface area contributed by atoms with Gasteiger partial charge in [-0.1, -0.05) is 0 Å². The maximum atomic E-state index is 4.46. The van der Waals surface area contributed by atoms with Gasteiger partial charge in [0.25, 0.3) is 0 Å². The highest BCUT2D eigenvalue weighted by Gasteiger charge is 2.34. The van der Waals surface area contributed by atoms with E-state index in [0.29, 0.717) is 23.9 Å². The van der Waals surface area contributed by atoms with Crippen molar-refractivity contribution in [3.05, 3.63) is 0 Å². The molecule has 1 saturated heterocycles. The molecule has 0 amide bonds. The van der Waals surface area contributed by atoms with E-state index < -0.39 is 0 Å². The van der Waals surface area contributed by atoms with E-state index in [1.54, 1.807) is 0 Å². The first kappa shape index (κ1) is 13.4. The van der Waals surface area contributed by atoms with Crippen LogP contribution in [-0.4, -0.2) is 66.2 Å². The van der Waals surface area contributed by atoms with Crippen molar-refractivity contribution in [3.63, 3.8) is 0 Å². The van der Waals surface area contributed by atoms with Crippen LogP contribution in [0.25, 0.3) is 0 Å². The largest absolute Gasteiger partial charge is 0.357 e. The second kappa shape index (κ2) is 5.40. The molecule has 1 aliphatic carbocycles. The maximum Gasteiger partial charge on any atom is 0.231 e. The molecule has 110 valence electrons. The van der Waals surface area contributed by atoms with Gasteiger partial charge >= 0.3 is 0 Å². The van der Waals surface area contributed by atoms with Gasteiger partial charge in [-0.2, -0.15) is 15.0 Å². The summed E-state index contributed by atoms with van der Waals surface area (Å²) in [6.07, 6.45) is 3.90. The van der Waals surface area contributed by atoms with Gasteiger partial charge in [-0.05, 0) is 19.3 Å². The van der Waals surface area contributed by atoms with Crippen molar-refractivity contribution in [2.45, 2.75) is 31.3 Å². The summed E-state index contributed by atoms with van der Waals surface area (Å²) in [5, 5.41) is 6.44. The van der Waals surface area contributed by atoms with Gasteiger partial charge in [0.15, 0.2) is 0 Å². The highest BCUT2D eigenvalue weighted by Crippen LogP contribution is 2.30. The van der Waals surface area contributed by atoms with Gasteiger partial charge in [0.2, 0.25) is 17.8 Å². The molecule has 0 bridgehead atoms. The van der Waals surface area contributed by atoms with Crippen LogP contribution in [0.15, 0.2) is 0 Å². The Morgan fingerprint density at radius 1 is 1.10 bits per heavy atom. The lowest BCUT2D eigenvalue weighted by molar-refractivity contribution is 0.326. The molecule has 0 radical (unpaired) electrons. The number of rotatable bonds is 5. The molecule has 7 heteroatoms. The van der Waals surface area contributed by atoms with Crippen LogP contribution in [0, 0.1) is 0 Å². The predicted octanol–water partition coefficient (Wildman–Crippen LogP) is 0.628. The predicted molar refractivity (Wildman–Crippen MR) is 80.3 cm³/mol. The molecule has 0 spiro atoms. The Morgan fingerprint density at radius 3 is 2.50 bits per heavy atom. The normalized spacial score (nSPS) is 22.9. The van der Waals surface area contributed by atoms with Crippen molar-refractivity contribution in [2.24, 2.45) is 0 Å². The van der Waals surface area contributed by atoms with Gasteiger partial charge in [-0.3, -0.25) is 4.90 Å². The number of anilines is 3. The zero-order valence-corrected chi connectivity index (χ0v) is 12.4. The van der Waals surface area contributed by atoms with Gasteiger partial charge in [-0.15, -0.1) is 0 Å². The molecule has 2 aliphatic rings. The van der Waals surface area contributed by atoms with Crippen LogP contribution in [-0.2, 0) is 0 Å². The zero-order chi connectivity index (χ0) is 14.1. The van der Waals surface area contributed by atoms with E-state index in [1.807, 2.05) is 26.0 Å². The molecule has 3 rings (SSSR count). The highest BCUT2D eigenvalue weighted by molar-refractivity contribution is 5.43. The fourth-order valence-corrected chi connectivity index (χ4v) is 2.60. The summed E-state index contributed by atoms with van der Waals surface area (Å²) < 4.78 is 0. The summed E-state index contributed by atoms with van der Waals surface area (Å²) in [7, 11) is 5.69. The summed E-state index contributed by atoms with van der Waals surface area (Å²) in [5.41, 5.74) is 0. The molecule has 2 fully saturated rings. The summed E-state index contributed by atoms with van der Waals surface area (Å²) >= 11 is 0. The van der Waals surface area contributed by atoms with E-state index in [9.17, 15) is 0 Å². The lowest BCUT2D eigenvalue weighted by Crippen LogP contribution is -2.28. The van der Waals surface area contributed by atoms with E-state index in [2.05, 4.69) is 30.5 Å². The SMILES string of the molecule is CNc1nc(NC2CCN(C3CC3)C2)nc(N(C)C)n1. The Morgan fingerprint density at radius 2 is 1.85 bits per heavy atom. The second-order valence-corrected chi connectivity index (χ2v) is 5.78. The molecule has 2 N–H and O–H groups in total. The molecule has 7 nitrogen and oxygen atoms in total. The maximum absolute atomic E-state index is 4.46. The minimum Gasteiger partial charge on any atom is -0.357 e. The quantitative estimate of drug-likeness (QED) is 0.818. The molecular weight excluding hydrogens is 254 g/mol. The number of nitrogens with one attached hydrogen (secondary N) is 2. The van der Waals surface area contributed by atoms with Crippen molar-refractivity contribution in [3.8, 4) is 0 Å². The molecule has 1 atom stereocenters. The average Bonchev–Trinajstić information content (AvgIpc) is 3.19. The van der Waals surface area contributed by atoms with Crippen molar-refractivity contribution in [1.29, 1.82) is 0 Å². The van der Waals surface area contributed by atoms with Crippen LogP contribution in [0.5, 0.6) is 0 Å². The molecule has 1 saturated carbocycles. The van der Waals surface area contributed by atoms with Crippen molar-refractivity contribution >= 4 is 17.8 Å². The number of nitrogens with zero attached hydrogens (tertiary/aromatic N) is 5. The fraction of sp³-hybridized carbons (Fsp3) is 0.769. The molecule has 2 heterocycles. The number of hydrogen-bond donors (Lipinski definition) is 2. The van der Waals surface area contributed by atoms with E-state index >= 15 is 0 Å². The van der Waals surface area contributed by atoms with Crippen molar-refractivity contribution < 1.29 is 0 Å². The van der Waals surface area contributed by atoms with Gasteiger partial charge in [-0.25, -0.2) is 0 Å². The van der Waals surface area contributed by atoms with Crippen molar-refractivity contribution in [2.75, 3.05) is 49.8 Å². The second-order valence-electron chi connectivity index (χ2n) is 5.78. The number of aromatic nitrogens is 3. The summed E-state index contributed by atoms with van der Waals surface area (Å²) in [5.74, 6) is 1.93. The topological polar surface area (TPSA) is 69.2 Å². The third-order valence-corrected chi connectivity index (χ3v) is 3.86. The number of likely N-dealkylation sites (tertiary alicyclic amines) is 1. The van der Waals surface area contributed by atoms with Gasteiger partial charge in [0.05, 0.1) is 0 Å². The Kier molecular flexibility index (Phi) is 3.60. The Bertz CT molecular complexity index is 472. The van der Waals surface area contributed by atoms with Crippen LogP contribution < -0.4 is 15.5 Å². The van der Waals surface area contributed by atoms with E-state index in [1.165, 1.54) is 19.4 Å². The third-order valence-electron chi connectivity index (χ3n) is 3.86. The lowest BCUT2D eigenvalue weighted by Gasteiger charge is -2.17. The third kappa shape index (κ3) is 2.92. The van der Waals surface area contributed by atoms with E-state index in [-0.39, 0.29) is 0 Å². The Balaban J connectivity index is 1.68. The van der Waals surface area contributed by atoms with Crippen LogP contribution in [0.4, 0.5) is 17.8 Å². The van der Waals surface area contributed by atoms with Gasteiger partial charge in [0, 0.05) is 46.3 Å². The molecule has 1 aromatic rings. The van der Waals surface area contributed by atoms with Crippen LogP contribution >= 0.6 is 0 Å². The minimum absolute atomic E-state index is 0.442. The summed E-state index contributed by atoms with van der Waals surface area (Å²) in [6, 6.07) is 1.28. The Labute approximate surface area is 119 Å².